The number of non-ortho nitro benzene ring substituents is 1. The van der Waals surface area contributed by atoms with E-state index in [1.54, 1.807) is 55.5 Å². The van der Waals surface area contributed by atoms with Gasteiger partial charge in [-0.1, -0.05) is 28.1 Å². The van der Waals surface area contributed by atoms with Crippen LogP contribution in [0.3, 0.4) is 0 Å². The highest BCUT2D eigenvalue weighted by molar-refractivity contribution is 14.1. The molecule has 4 aromatic rings. The third-order valence-corrected chi connectivity index (χ3v) is 8.02. The van der Waals surface area contributed by atoms with Crippen LogP contribution in [0.1, 0.15) is 23.6 Å². The van der Waals surface area contributed by atoms with Gasteiger partial charge in [-0.3, -0.25) is 25.0 Å². The molecular formula is C33H25BrIN3O8. The van der Waals surface area contributed by atoms with Crippen LogP contribution in [-0.2, 0) is 22.8 Å². The molecule has 1 heterocycles. The molecule has 11 nitrogen and oxygen atoms in total. The standard InChI is InChI=1S/C33H25BrIN3O8/c1-2-44-29-17-22(16-28(35)30(29)46-19-21-5-9-25(10-6-21)38(42)43)15-27-31(39)36-33(41)37(32(27)40)24-11-13-26(14-12-24)45-18-20-3-7-23(34)8-4-20/h3-17H,2,18-19H2,1H3,(H,36,39,41)/b27-15+. The van der Waals surface area contributed by atoms with Crippen molar-refractivity contribution in [2.24, 2.45) is 0 Å². The van der Waals surface area contributed by atoms with Crippen molar-refractivity contribution < 1.29 is 33.5 Å². The Morgan fingerprint density at radius 3 is 2.15 bits per heavy atom. The summed E-state index contributed by atoms with van der Waals surface area (Å²) in [6, 6.07) is 22.6. The van der Waals surface area contributed by atoms with Crippen LogP contribution in [0.4, 0.5) is 16.2 Å². The zero-order chi connectivity index (χ0) is 32.8. The predicted molar refractivity (Wildman–Crippen MR) is 182 cm³/mol. The molecule has 1 aliphatic heterocycles. The molecule has 1 N–H and O–H groups in total. The topological polar surface area (TPSA) is 137 Å². The number of imide groups is 2. The van der Waals surface area contributed by atoms with Gasteiger partial charge in [0.2, 0.25) is 0 Å². The number of amides is 4. The van der Waals surface area contributed by atoms with Crippen molar-refractivity contribution in [3.05, 3.63) is 125 Å². The van der Waals surface area contributed by atoms with Gasteiger partial charge in [0.25, 0.3) is 17.5 Å². The van der Waals surface area contributed by atoms with Crippen molar-refractivity contribution in [2.75, 3.05) is 11.5 Å². The maximum atomic E-state index is 13.5. The van der Waals surface area contributed by atoms with Crippen LogP contribution in [0.5, 0.6) is 17.2 Å². The number of anilines is 1. The quantitative estimate of drug-likeness (QED) is 0.0554. The maximum Gasteiger partial charge on any atom is 0.335 e. The second-order valence-electron chi connectivity index (χ2n) is 9.84. The Bertz CT molecular complexity index is 1830. The second-order valence-corrected chi connectivity index (χ2v) is 11.9. The Morgan fingerprint density at radius 1 is 0.891 bits per heavy atom. The number of hydrogen-bond acceptors (Lipinski definition) is 8. The number of carbonyl (C=O) groups excluding carboxylic acids is 3. The molecule has 0 bridgehead atoms. The van der Waals surface area contributed by atoms with Crippen molar-refractivity contribution in [3.63, 3.8) is 0 Å². The van der Waals surface area contributed by atoms with Crippen molar-refractivity contribution in [3.8, 4) is 17.2 Å². The number of carbonyl (C=O) groups is 3. The van der Waals surface area contributed by atoms with E-state index < -0.39 is 22.8 Å². The van der Waals surface area contributed by atoms with Crippen LogP contribution in [-0.4, -0.2) is 29.4 Å². The van der Waals surface area contributed by atoms with Crippen molar-refractivity contribution in [1.29, 1.82) is 0 Å². The van der Waals surface area contributed by atoms with Crippen LogP contribution < -0.4 is 24.4 Å². The van der Waals surface area contributed by atoms with Gasteiger partial charge in [0.15, 0.2) is 11.5 Å². The molecule has 0 saturated carbocycles. The first kappa shape index (κ1) is 32.6. The summed E-state index contributed by atoms with van der Waals surface area (Å²) in [7, 11) is 0. The number of nitro groups is 1. The summed E-state index contributed by atoms with van der Waals surface area (Å²) in [5, 5.41) is 13.2. The van der Waals surface area contributed by atoms with Crippen LogP contribution in [0.25, 0.3) is 6.08 Å². The fourth-order valence-corrected chi connectivity index (χ4v) is 5.49. The highest BCUT2D eigenvalue weighted by Crippen LogP contribution is 2.36. The second kappa shape index (κ2) is 14.6. The highest BCUT2D eigenvalue weighted by atomic mass is 127. The molecule has 0 aromatic heterocycles. The largest absolute Gasteiger partial charge is 0.490 e. The number of rotatable bonds is 11. The summed E-state index contributed by atoms with van der Waals surface area (Å²) in [6.45, 7) is 2.58. The van der Waals surface area contributed by atoms with Crippen LogP contribution >= 0.6 is 38.5 Å². The molecule has 1 saturated heterocycles. The van der Waals surface area contributed by atoms with Gasteiger partial charge in [0, 0.05) is 16.6 Å². The Hall–Kier alpha value is -4.76. The number of nitrogens with one attached hydrogen (secondary N) is 1. The molecule has 4 amide bonds. The molecule has 0 unspecified atom stereocenters. The number of ether oxygens (including phenoxy) is 3. The zero-order valence-electron chi connectivity index (χ0n) is 24.2. The van der Waals surface area contributed by atoms with E-state index in [1.807, 2.05) is 24.3 Å². The van der Waals surface area contributed by atoms with E-state index in [2.05, 4.69) is 43.8 Å². The Balaban J connectivity index is 1.34. The molecule has 234 valence electrons. The van der Waals surface area contributed by atoms with Crippen molar-refractivity contribution in [2.45, 2.75) is 20.1 Å². The Labute approximate surface area is 285 Å². The van der Waals surface area contributed by atoms with Gasteiger partial charge >= 0.3 is 6.03 Å². The van der Waals surface area contributed by atoms with Gasteiger partial charge in [-0.2, -0.15) is 0 Å². The first-order chi connectivity index (χ1) is 22.1. The van der Waals surface area contributed by atoms with E-state index in [0.717, 1.165) is 14.9 Å². The number of halogens is 2. The summed E-state index contributed by atoms with van der Waals surface area (Å²) < 4.78 is 19.2. The first-order valence-electron chi connectivity index (χ1n) is 13.8. The zero-order valence-corrected chi connectivity index (χ0v) is 27.9. The van der Waals surface area contributed by atoms with E-state index in [4.69, 9.17) is 14.2 Å². The molecule has 46 heavy (non-hydrogen) atoms. The van der Waals surface area contributed by atoms with Crippen LogP contribution in [0.15, 0.2) is 95.0 Å². The van der Waals surface area contributed by atoms with Gasteiger partial charge in [0.05, 0.1) is 20.8 Å². The maximum absolute atomic E-state index is 13.5. The third kappa shape index (κ3) is 7.72. The number of hydrogen-bond donors (Lipinski definition) is 1. The minimum atomic E-state index is -0.866. The smallest absolute Gasteiger partial charge is 0.335 e. The molecule has 0 spiro atoms. The Kier molecular flexibility index (Phi) is 10.3. The summed E-state index contributed by atoms with van der Waals surface area (Å²) in [4.78, 5) is 50.4. The number of nitrogens with zero attached hydrogens (tertiary/aromatic N) is 2. The normalized spacial score (nSPS) is 13.8. The van der Waals surface area contributed by atoms with E-state index in [0.29, 0.717) is 45.2 Å². The predicted octanol–water partition coefficient (Wildman–Crippen LogP) is 7.19. The number of urea groups is 1. The van der Waals surface area contributed by atoms with Gasteiger partial charge in [-0.05, 0) is 113 Å². The average Bonchev–Trinajstić information content (AvgIpc) is 3.03. The Morgan fingerprint density at radius 2 is 1.52 bits per heavy atom. The van der Waals surface area contributed by atoms with E-state index >= 15 is 0 Å². The number of barbiturate groups is 1. The molecule has 1 aliphatic rings. The molecule has 5 rings (SSSR count). The van der Waals surface area contributed by atoms with E-state index in [-0.39, 0.29) is 23.6 Å². The molecule has 0 atom stereocenters. The summed E-state index contributed by atoms with van der Waals surface area (Å²) >= 11 is 5.46. The van der Waals surface area contributed by atoms with E-state index in [9.17, 15) is 24.5 Å². The van der Waals surface area contributed by atoms with Crippen LogP contribution in [0.2, 0.25) is 0 Å². The molecule has 1 fully saturated rings. The summed E-state index contributed by atoms with van der Waals surface area (Å²) in [6.07, 6.45) is 1.39. The van der Waals surface area contributed by atoms with Crippen LogP contribution in [0, 0.1) is 13.7 Å². The molecule has 0 aliphatic carbocycles. The molecule has 4 aromatic carbocycles. The van der Waals surface area contributed by atoms with Crippen molar-refractivity contribution >= 4 is 73.8 Å². The fraction of sp³-hybridized carbons (Fsp3) is 0.121. The number of benzene rings is 4. The lowest BCUT2D eigenvalue weighted by Gasteiger charge is -2.26. The third-order valence-electron chi connectivity index (χ3n) is 6.69. The lowest BCUT2D eigenvalue weighted by atomic mass is 10.1. The number of nitro benzene ring substituents is 1. The SMILES string of the molecule is CCOc1cc(/C=C2\C(=O)NC(=O)N(c3ccc(OCc4ccc(Br)cc4)cc3)C2=O)cc(I)c1OCc1ccc([N+](=O)[O-])cc1. The summed E-state index contributed by atoms with van der Waals surface area (Å²) in [5.41, 5.74) is 2.15. The minimum absolute atomic E-state index is 0.0223. The molecule has 13 heteroatoms. The van der Waals surface area contributed by atoms with Gasteiger partial charge in [-0.25, -0.2) is 9.69 Å². The lowest BCUT2D eigenvalue weighted by molar-refractivity contribution is -0.384. The monoisotopic (exact) mass is 797 g/mol. The van der Waals surface area contributed by atoms with Gasteiger partial charge < -0.3 is 14.2 Å². The molecular weight excluding hydrogens is 773 g/mol. The molecule has 0 radical (unpaired) electrons. The van der Waals surface area contributed by atoms with Gasteiger partial charge in [0.1, 0.15) is 24.5 Å². The summed E-state index contributed by atoms with van der Waals surface area (Å²) in [5.74, 6) is -0.270. The highest BCUT2D eigenvalue weighted by Gasteiger charge is 2.37. The van der Waals surface area contributed by atoms with Crippen molar-refractivity contribution in [1.82, 2.24) is 5.32 Å². The average molecular weight is 798 g/mol. The van der Waals surface area contributed by atoms with Gasteiger partial charge in [-0.15, -0.1) is 0 Å². The minimum Gasteiger partial charge on any atom is -0.490 e. The fourth-order valence-electron chi connectivity index (χ4n) is 4.44. The van der Waals surface area contributed by atoms with E-state index in [1.165, 1.54) is 18.2 Å². The first-order valence-corrected chi connectivity index (χ1v) is 15.7. The lowest BCUT2D eigenvalue weighted by Crippen LogP contribution is -2.54.